The first-order chi connectivity index (χ1) is 12.9. The first kappa shape index (κ1) is 22.2. The van der Waals surface area contributed by atoms with Gasteiger partial charge in [0.1, 0.15) is 11.5 Å². The summed E-state index contributed by atoms with van der Waals surface area (Å²) in [6, 6.07) is 5.10. The molecule has 0 saturated carbocycles. The highest BCUT2D eigenvalue weighted by Crippen LogP contribution is 2.34. The third kappa shape index (κ3) is 5.71. The predicted octanol–water partition coefficient (Wildman–Crippen LogP) is 3.94. The smallest absolute Gasteiger partial charge is 0.316 e. The van der Waals surface area contributed by atoms with E-state index in [1.54, 1.807) is 59.7 Å². The fraction of sp³-hybridized carbons (Fsp3) is 0.636. The maximum Gasteiger partial charge on any atom is 0.316 e. The molecule has 2 rings (SSSR count). The molecule has 0 aliphatic carbocycles. The number of hydrogen-bond acceptors (Lipinski definition) is 6. The lowest BCUT2D eigenvalue weighted by Crippen LogP contribution is -2.42. The minimum atomic E-state index is -0.656. The van der Waals surface area contributed by atoms with E-state index >= 15 is 0 Å². The molecule has 1 N–H and O–H groups in total. The number of hydrogen-bond donors (Lipinski definition) is 1. The Labute approximate surface area is 167 Å². The van der Waals surface area contributed by atoms with Crippen molar-refractivity contribution in [3.8, 4) is 11.5 Å². The zero-order chi connectivity index (χ0) is 21.1. The highest BCUT2D eigenvalue weighted by molar-refractivity contribution is 5.80. The Balaban J connectivity index is 2.40. The zero-order valence-corrected chi connectivity index (χ0v) is 17.9. The molecule has 6 heteroatoms. The lowest BCUT2D eigenvalue weighted by atomic mass is 9.97. The van der Waals surface area contributed by atoms with Crippen LogP contribution >= 0.6 is 0 Å². The molecule has 0 aromatic heterocycles. The van der Waals surface area contributed by atoms with Crippen LogP contribution in [0.4, 0.5) is 5.69 Å². The van der Waals surface area contributed by atoms with Crippen molar-refractivity contribution in [3.05, 3.63) is 18.2 Å². The standard InChI is InChI=1S/C22H33NO5/c1-21(2,3)19(25)27-17-11-16(23-10-8-7-9-15(23)14-24)12-18(13-17)28-20(26)22(4,5)6/h11-13,15,24H,7-10,14H2,1-6H3. The van der Waals surface area contributed by atoms with Gasteiger partial charge in [0.25, 0.3) is 0 Å². The van der Waals surface area contributed by atoms with Crippen LogP contribution in [-0.4, -0.2) is 36.2 Å². The average Bonchev–Trinajstić information content (AvgIpc) is 2.59. The van der Waals surface area contributed by atoms with Crippen molar-refractivity contribution in [2.24, 2.45) is 10.8 Å². The van der Waals surface area contributed by atoms with Gasteiger partial charge in [0.05, 0.1) is 23.5 Å². The molecule has 156 valence electrons. The first-order valence-electron chi connectivity index (χ1n) is 9.89. The average molecular weight is 392 g/mol. The number of piperidine rings is 1. The molecule has 6 nitrogen and oxygen atoms in total. The number of anilines is 1. The number of aliphatic hydroxyl groups is 1. The molecule has 1 saturated heterocycles. The number of carbonyl (C=O) groups excluding carboxylic acids is 2. The highest BCUT2D eigenvalue weighted by Gasteiger charge is 2.28. The Kier molecular flexibility index (Phi) is 6.75. The zero-order valence-electron chi connectivity index (χ0n) is 17.9. The summed E-state index contributed by atoms with van der Waals surface area (Å²) in [6.45, 7) is 11.5. The van der Waals surface area contributed by atoms with E-state index in [1.165, 1.54) is 0 Å². The van der Waals surface area contributed by atoms with Crippen molar-refractivity contribution in [1.82, 2.24) is 0 Å². The third-order valence-electron chi connectivity index (χ3n) is 4.68. The molecule has 0 bridgehead atoms. The minimum absolute atomic E-state index is 0.00603. The van der Waals surface area contributed by atoms with Gasteiger partial charge in [0, 0.05) is 30.4 Å². The topological polar surface area (TPSA) is 76.1 Å². The molecule has 1 atom stereocenters. The second-order valence-corrected chi connectivity index (χ2v) is 9.47. The van der Waals surface area contributed by atoms with E-state index in [-0.39, 0.29) is 24.6 Å². The number of benzene rings is 1. The molecular formula is C22H33NO5. The summed E-state index contributed by atoms with van der Waals surface area (Å²) in [6.07, 6.45) is 2.96. The fourth-order valence-electron chi connectivity index (χ4n) is 2.89. The molecule has 0 spiro atoms. The van der Waals surface area contributed by atoms with Gasteiger partial charge in [-0.1, -0.05) is 0 Å². The SMILES string of the molecule is CC(C)(C)C(=O)Oc1cc(OC(=O)C(C)(C)C)cc(N2CCCCC2CO)c1. The number of esters is 2. The second kappa shape index (κ2) is 8.52. The fourth-order valence-corrected chi connectivity index (χ4v) is 2.89. The van der Waals surface area contributed by atoms with E-state index in [0.29, 0.717) is 11.5 Å². The van der Waals surface area contributed by atoms with Crippen LogP contribution in [0.3, 0.4) is 0 Å². The van der Waals surface area contributed by atoms with Gasteiger partial charge >= 0.3 is 11.9 Å². The molecule has 0 amide bonds. The summed E-state index contributed by atoms with van der Waals surface area (Å²) in [4.78, 5) is 26.8. The molecular weight excluding hydrogens is 358 g/mol. The van der Waals surface area contributed by atoms with Gasteiger partial charge in [-0.25, -0.2) is 0 Å². The van der Waals surface area contributed by atoms with Gasteiger partial charge in [-0.3, -0.25) is 9.59 Å². The molecule has 1 aliphatic heterocycles. The summed E-state index contributed by atoms with van der Waals surface area (Å²) in [5.74, 6) is -0.0713. The van der Waals surface area contributed by atoms with Gasteiger partial charge in [-0.15, -0.1) is 0 Å². The van der Waals surface area contributed by atoms with E-state index in [1.807, 2.05) is 0 Å². The van der Waals surface area contributed by atoms with E-state index in [4.69, 9.17) is 9.47 Å². The van der Waals surface area contributed by atoms with E-state index in [9.17, 15) is 14.7 Å². The van der Waals surface area contributed by atoms with Crippen molar-refractivity contribution in [1.29, 1.82) is 0 Å². The Hall–Kier alpha value is -2.08. The Bertz CT molecular complexity index is 668. The van der Waals surface area contributed by atoms with Gasteiger partial charge in [-0.2, -0.15) is 0 Å². The van der Waals surface area contributed by atoms with Crippen LogP contribution in [-0.2, 0) is 9.59 Å². The van der Waals surface area contributed by atoms with Crippen LogP contribution in [0.25, 0.3) is 0 Å². The van der Waals surface area contributed by atoms with Crippen LogP contribution in [0.15, 0.2) is 18.2 Å². The molecule has 0 radical (unpaired) electrons. The summed E-state index contributed by atoms with van der Waals surface area (Å²) < 4.78 is 11.1. The van der Waals surface area contributed by atoms with Gasteiger partial charge in [0.2, 0.25) is 0 Å². The molecule has 1 fully saturated rings. The molecule has 1 aliphatic rings. The summed E-state index contributed by atoms with van der Waals surface area (Å²) >= 11 is 0. The summed E-state index contributed by atoms with van der Waals surface area (Å²) in [7, 11) is 0. The van der Waals surface area contributed by atoms with Crippen molar-refractivity contribution < 1.29 is 24.2 Å². The van der Waals surface area contributed by atoms with Crippen LogP contribution in [0.5, 0.6) is 11.5 Å². The quantitative estimate of drug-likeness (QED) is 0.619. The Morgan fingerprint density at radius 3 is 1.89 bits per heavy atom. The Morgan fingerprint density at radius 1 is 0.964 bits per heavy atom. The van der Waals surface area contributed by atoms with Crippen molar-refractivity contribution >= 4 is 17.6 Å². The lowest BCUT2D eigenvalue weighted by Gasteiger charge is -2.36. The van der Waals surface area contributed by atoms with E-state index < -0.39 is 10.8 Å². The van der Waals surface area contributed by atoms with Crippen LogP contribution in [0, 0.1) is 10.8 Å². The maximum atomic E-state index is 12.4. The summed E-state index contributed by atoms with van der Waals surface area (Å²) in [5, 5.41) is 9.75. The number of aliphatic hydroxyl groups excluding tert-OH is 1. The molecule has 1 heterocycles. The normalized spacial score (nSPS) is 18.0. The number of nitrogens with zero attached hydrogens (tertiary/aromatic N) is 1. The van der Waals surface area contributed by atoms with Crippen molar-refractivity contribution in [2.75, 3.05) is 18.1 Å². The van der Waals surface area contributed by atoms with Gasteiger partial charge in [0.15, 0.2) is 0 Å². The summed E-state index contributed by atoms with van der Waals surface area (Å²) in [5.41, 5.74) is -0.539. The van der Waals surface area contributed by atoms with Crippen LogP contribution in [0.1, 0.15) is 60.8 Å². The van der Waals surface area contributed by atoms with Gasteiger partial charge < -0.3 is 19.5 Å². The number of carbonyl (C=O) groups is 2. The van der Waals surface area contributed by atoms with E-state index in [2.05, 4.69) is 4.90 Å². The maximum absolute atomic E-state index is 12.4. The first-order valence-corrected chi connectivity index (χ1v) is 9.89. The van der Waals surface area contributed by atoms with Crippen molar-refractivity contribution in [2.45, 2.75) is 66.8 Å². The molecule has 1 aromatic carbocycles. The van der Waals surface area contributed by atoms with E-state index in [0.717, 1.165) is 31.5 Å². The molecule has 1 unspecified atom stereocenters. The molecule has 28 heavy (non-hydrogen) atoms. The lowest BCUT2D eigenvalue weighted by molar-refractivity contribution is -0.143. The minimum Gasteiger partial charge on any atom is -0.426 e. The van der Waals surface area contributed by atoms with Crippen molar-refractivity contribution in [3.63, 3.8) is 0 Å². The Morgan fingerprint density at radius 2 is 1.46 bits per heavy atom. The van der Waals surface area contributed by atoms with Crippen LogP contribution < -0.4 is 14.4 Å². The second-order valence-electron chi connectivity index (χ2n) is 9.47. The number of rotatable bonds is 4. The highest BCUT2D eigenvalue weighted by atomic mass is 16.5. The largest absolute Gasteiger partial charge is 0.426 e. The van der Waals surface area contributed by atoms with Gasteiger partial charge in [-0.05, 0) is 60.8 Å². The van der Waals surface area contributed by atoms with Crippen LogP contribution in [0.2, 0.25) is 0 Å². The molecule has 1 aromatic rings. The third-order valence-corrected chi connectivity index (χ3v) is 4.68. The predicted molar refractivity (Wildman–Crippen MR) is 109 cm³/mol. The monoisotopic (exact) mass is 391 g/mol. The number of ether oxygens (including phenoxy) is 2.